The maximum absolute atomic E-state index is 12.4. The number of aliphatic imine (C=N–C) groups is 1. The van der Waals surface area contributed by atoms with Gasteiger partial charge in [0, 0.05) is 17.2 Å². The third kappa shape index (κ3) is 5.64. The molecule has 8 nitrogen and oxygen atoms in total. The van der Waals surface area contributed by atoms with Crippen LogP contribution in [0.2, 0.25) is 10.0 Å². The number of nitro benzene ring substituents is 1. The maximum atomic E-state index is 12.4. The molecule has 0 unspecified atom stereocenters. The van der Waals surface area contributed by atoms with Gasteiger partial charge in [0.25, 0.3) is 5.69 Å². The summed E-state index contributed by atoms with van der Waals surface area (Å²) < 4.78 is 17.1. The topological polar surface area (TPSA) is 100 Å². The molecule has 4 rings (SSSR count). The van der Waals surface area contributed by atoms with Crippen LogP contribution in [0.1, 0.15) is 16.7 Å². The Morgan fingerprint density at radius 1 is 1.17 bits per heavy atom. The smallest absolute Gasteiger partial charge is 0.363 e. The molecule has 0 bridgehead atoms. The van der Waals surface area contributed by atoms with Crippen molar-refractivity contribution < 1.29 is 23.9 Å². The van der Waals surface area contributed by atoms with Crippen molar-refractivity contribution in [2.75, 3.05) is 7.11 Å². The van der Waals surface area contributed by atoms with Crippen LogP contribution in [0.3, 0.4) is 0 Å². The van der Waals surface area contributed by atoms with E-state index in [-0.39, 0.29) is 23.9 Å². The molecule has 35 heavy (non-hydrogen) atoms. The molecule has 0 aliphatic carbocycles. The monoisotopic (exact) mass is 576 g/mol. The van der Waals surface area contributed by atoms with Crippen LogP contribution in [-0.4, -0.2) is 23.9 Å². The number of cyclic esters (lactones) is 1. The van der Waals surface area contributed by atoms with Gasteiger partial charge in [0.15, 0.2) is 17.2 Å². The lowest BCUT2D eigenvalue weighted by molar-refractivity contribution is -0.384. The minimum absolute atomic E-state index is 0.0256. The van der Waals surface area contributed by atoms with Gasteiger partial charge in [0.05, 0.1) is 27.1 Å². The summed E-state index contributed by atoms with van der Waals surface area (Å²) in [6.45, 7) is 0.0822. The molecule has 178 valence electrons. The summed E-state index contributed by atoms with van der Waals surface area (Å²) in [5.74, 6) is 0.221. The highest BCUT2D eigenvalue weighted by molar-refractivity contribution is 9.10. The number of halogens is 3. The van der Waals surface area contributed by atoms with Gasteiger partial charge in [-0.25, -0.2) is 9.79 Å². The quantitative estimate of drug-likeness (QED) is 0.136. The predicted octanol–water partition coefficient (Wildman–Crippen LogP) is 6.60. The summed E-state index contributed by atoms with van der Waals surface area (Å²) in [5, 5.41) is 11.7. The zero-order valence-corrected chi connectivity index (χ0v) is 21.1. The first-order valence-electron chi connectivity index (χ1n) is 9.97. The third-order valence-electron chi connectivity index (χ3n) is 4.84. The van der Waals surface area contributed by atoms with Gasteiger partial charge < -0.3 is 14.2 Å². The second-order valence-electron chi connectivity index (χ2n) is 7.21. The Labute approximate surface area is 218 Å². The fourth-order valence-electron chi connectivity index (χ4n) is 3.22. The Morgan fingerprint density at radius 3 is 2.69 bits per heavy atom. The zero-order chi connectivity index (χ0) is 25.1. The summed E-state index contributed by atoms with van der Waals surface area (Å²) >= 11 is 15.6. The van der Waals surface area contributed by atoms with E-state index < -0.39 is 10.9 Å². The molecule has 3 aromatic rings. The zero-order valence-electron chi connectivity index (χ0n) is 18.0. The van der Waals surface area contributed by atoms with Gasteiger partial charge in [-0.3, -0.25) is 10.1 Å². The summed E-state index contributed by atoms with van der Waals surface area (Å²) in [4.78, 5) is 27.2. The number of non-ortho nitro benzene ring substituents is 1. The lowest BCUT2D eigenvalue weighted by Crippen LogP contribution is -2.06. The lowest BCUT2D eigenvalue weighted by atomic mass is 10.1. The number of methoxy groups -OCH3 is 1. The highest BCUT2D eigenvalue weighted by atomic mass is 79.9. The van der Waals surface area contributed by atoms with Gasteiger partial charge in [0.2, 0.25) is 5.90 Å². The maximum Gasteiger partial charge on any atom is 0.363 e. The standard InChI is InChI=1S/C24H15BrCl2N2O6/c1-33-21-10-14(8-18(25)22(21)34-12-13-3-2-4-16(7-13)29(31)32)9-20-24(30)35-23(28-20)17-6-5-15(26)11-19(17)27/h2-11H,12H2,1H3/b20-9-. The van der Waals surface area contributed by atoms with Crippen LogP contribution in [0.4, 0.5) is 5.69 Å². The molecular weight excluding hydrogens is 563 g/mol. The van der Waals surface area contributed by atoms with E-state index in [9.17, 15) is 14.9 Å². The fourth-order valence-corrected chi connectivity index (χ4v) is 4.29. The van der Waals surface area contributed by atoms with Crippen molar-refractivity contribution in [1.29, 1.82) is 0 Å². The molecular formula is C24H15BrCl2N2O6. The molecule has 1 aliphatic rings. The van der Waals surface area contributed by atoms with Gasteiger partial charge >= 0.3 is 5.97 Å². The van der Waals surface area contributed by atoms with Crippen molar-refractivity contribution in [2.24, 2.45) is 4.99 Å². The van der Waals surface area contributed by atoms with E-state index >= 15 is 0 Å². The lowest BCUT2D eigenvalue weighted by Gasteiger charge is -2.13. The molecule has 0 N–H and O–H groups in total. The van der Waals surface area contributed by atoms with Crippen molar-refractivity contribution in [3.8, 4) is 11.5 Å². The Morgan fingerprint density at radius 2 is 1.97 bits per heavy atom. The minimum atomic E-state index is -0.632. The van der Waals surface area contributed by atoms with Crippen molar-refractivity contribution in [3.05, 3.63) is 102 Å². The largest absolute Gasteiger partial charge is 0.493 e. The Kier molecular flexibility index (Phi) is 7.39. The van der Waals surface area contributed by atoms with E-state index in [2.05, 4.69) is 20.9 Å². The van der Waals surface area contributed by atoms with E-state index in [1.165, 1.54) is 31.4 Å². The van der Waals surface area contributed by atoms with Gasteiger partial charge in [-0.1, -0.05) is 35.3 Å². The van der Waals surface area contributed by atoms with Crippen molar-refractivity contribution >= 4 is 62.8 Å². The van der Waals surface area contributed by atoms with Crippen molar-refractivity contribution in [1.82, 2.24) is 0 Å². The molecule has 0 radical (unpaired) electrons. The predicted molar refractivity (Wildman–Crippen MR) is 135 cm³/mol. The molecule has 0 spiro atoms. The van der Waals surface area contributed by atoms with E-state index in [0.29, 0.717) is 42.7 Å². The minimum Gasteiger partial charge on any atom is -0.493 e. The van der Waals surface area contributed by atoms with Crippen LogP contribution in [0.15, 0.2) is 69.8 Å². The van der Waals surface area contributed by atoms with Crippen molar-refractivity contribution in [3.63, 3.8) is 0 Å². The summed E-state index contributed by atoms with van der Waals surface area (Å²) in [7, 11) is 1.47. The number of carbonyl (C=O) groups excluding carboxylic acids is 1. The van der Waals surface area contributed by atoms with Gasteiger partial charge in [0.1, 0.15) is 6.61 Å². The SMILES string of the molecule is COc1cc(/C=C2\N=C(c3ccc(Cl)cc3Cl)OC2=O)cc(Br)c1OCc1cccc([N+](=O)[O-])c1. The van der Waals surface area contributed by atoms with E-state index in [4.69, 9.17) is 37.4 Å². The molecule has 0 saturated carbocycles. The summed E-state index contributed by atoms with van der Waals surface area (Å²) in [5.41, 5.74) is 1.70. The number of ether oxygens (including phenoxy) is 3. The molecule has 0 fully saturated rings. The number of esters is 1. The van der Waals surface area contributed by atoms with Crippen LogP contribution in [0, 0.1) is 10.1 Å². The summed E-state index contributed by atoms with van der Waals surface area (Å²) in [6, 6.07) is 14.3. The van der Waals surface area contributed by atoms with Crippen LogP contribution < -0.4 is 9.47 Å². The first kappa shape index (κ1) is 24.7. The molecule has 11 heteroatoms. The molecule has 1 heterocycles. The van der Waals surface area contributed by atoms with Crippen LogP contribution in [-0.2, 0) is 16.1 Å². The molecule has 3 aromatic carbocycles. The molecule has 0 atom stereocenters. The van der Waals surface area contributed by atoms with Crippen LogP contribution in [0.25, 0.3) is 6.08 Å². The fraction of sp³-hybridized carbons (Fsp3) is 0.0833. The van der Waals surface area contributed by atoms with E-state index in [1.54, 1.807) is 36.4 Å². The average Bonchev–Trinajstić information content (AvgIpc) is 3.17. The third-order valence-corrected chi connectivity index (χ3v) is 5.98. The normalized spacial score (nSPS) is 14.0. The van der Waals surface area contributed by atoms with Gasteiger partial charge in [-0.15, -0.1) is 0 Å². The number of carbonyl (C=O) groups is 1. The highest BCUT2D eigenvalue weighted by Gasteiger charge is 2.26. The molecule has 0 amide bonds. The Balaban J connectivity index is 1.59. The van der Waals surface area contributed by atoms with Crippen LogP contribution in [0.5, 0.6) is 11.5 Å². The number of hydrogen-bond donors (Lipinski definition) is 0. The second-order valence-corrected chi connectivity index (χ2v) is 8.91. The van der Waals surface area contributed by atoms with E-state index in [0.717, 1.165) is 0 Å². The molecule has 0 aromatic heterocycles. The van der Waals surface area contributed by atoms with Gasteiger partial charge in [-0.05, 0) is 63.5 Å². The van der Waals surface area contributed by atoms with Crippen LogP contribution >= 0.6 is 39.1 Å². The number of hydrogen-bond acceptors (Lipinski definition) is 7. The van der Waals surface area contributed by atoms with E-state index in [1.807, 2.05) is 0 Å². The second kappa shape index (κ2) is 10.5. The first-order chi connectivity index (χ1) is 16.7. The average molecular weight is 578 g/mol. The Bertz CT molecular complexity index is 1410. The highest BCUT2D eigenvalue weighted by Crippen LogP contribution is 2.38. The summed E-state index contributed by atoms with van der Waals surface area (Å²) in [6.07, 6.45) is 1.54. The molecule has 1 aliphatic heterocycles. The number of rotatable bonds is 7. The first-order valence-corrected chi connectivity index (χ1v) is 11.5. The Hall–Kier alpha value is -3.40. The van der Waals surface area contributed by atoms with Crippen molar-refractivity contribution in [2.45, 2.75) is 6.61 Å². The van der Waals surface area contributed by atoms with Gasteiger partial charge in [-0.2, -0.15) is 0 Å². The number of nitrogens with zero attached hydrogens (tertiary/aromatic N) is 2. The number of benzene rings is 3. The molecule has 0 saturated heterocycles. The number of nitro groups is 1.